The summed E-state index contributed by atoms with van der Waals surface area (Å²) in [5.41, 5.74) is 0. The van der Waals surface area contributed by atoms with E-state index in [4.69, 9.17) is 9.63 Å². The zero-order valence-electron chi connectivity index (χ0n) is 11.6. The second-order valence-corrected chi connectivity index (χ2v) is 5.51. The molecule has 1 unspecified atom stereocenters. The molecule has 2 aliphatic heterocycles. The first-order valence-corrected chi connectivity index (χ1v) is 7.24. The highest BCUT2D eigenvalue weighted by Gasteiger charge is 2.30. The van der Waals surface area contributed by atoms with Gasteiger partial charge < -0.3 is 19.8 Å². The number of hydrogen-bond donors (Lipinski definition) is 2. The number of carboxylic acid groups (broad SMARTS) is 1. The second-order valence-electron chi connectivity index (χ2n) is 5.51. The van der Waals surface area contributed by atoms with Crippen LogP contribution in [0.3, 0.4) is 0 Å². The minimum Gasteiger partial charge on any atom is -0.481 e. The lowest BCUT2D eigenvalue weighted by molar-refractivity contribution is -0.143. The molecule has 0 bridgehead atoms. The predicted molar refractivity (Wildman–Crippen MR) is 70.5 cm³/mol. The Morgan fingerprint density at radius 1 is 1.29 bits per heavy atom. The number of carbonyl (C=O) groups is 2. The van der Waals surface area contributed by atoms with Crippen LogP contribution in [0.15, 0.2) is 4.52 Å². The summed E-state index contributed by atoms with van der Waals surface area (Å²) in [4.78, 5) is 28.9. The molecule has 2 aliphatic rings. The molecule has 0 aliphatic carbocycles. The van der Waals surface area contributed by atoms with Gasteiger partial charge in [-0.1, -0.05) is 5.16 Å². The van der Waals surface area contributed by atoms with Gasteiger partial charge in [0.25, 0.3) is 11.7 Å². The van der Waals surface area contributed by atoms with Crippen molar-refractivity contribution in [3.05, 3.63) is 11.7 Å². The first-order valence-electron chi connectivity index (χ1n) is 7.24. The van der Waals surface area contributed by atoms with E-state index in [-0.39, 0.29) is 23.7 Å². The molecule has 3 rings (SSSR count). The van der Waals surface area contributed by atoms with Gasteiger partial charge in [-0.15, -0.1) is 0 Å². The average Bonchev–Trinajstić information content (AvgIpc) is 3.17. The highest BCUT2D eigenvalue weighted by Crippen LogP contribution is 2.22. The largest absolute Gasteiger partial charge is 0.481 e. The van der Waals surface area contributed by atoms with Gasteiger partial charge in [0.05, 0.1) is 12.0 Å². The molecule has 0 spiro atoms. The smallest absolute Gasteiger partial charge is 0.306 e. The van der Waals surface area contributed by atoms with Crippen LogP contribution in [0.2, 0.25) is 0 Å². The molecule has 0 aromatic carbocycles. The molecule has 1 atom stereocenters. The zero-order chi connectivity index (χ0) is 14.8. The molecule has 0 radical (unpaired) electrons. The normalized spacial score (nSPS) is 23.4. The van der Waals surface area contributed by atoms with E-state index in [2.05, 4.69) is 15.5 Å². The average molecular weight is 294 g/mol. The van der Waals surface area contributed by atoms with Crippen molar-refractivity contribution in [1.82, 2.24) is 20.4 Å². The van der Waals surface area contributed by atoms with Crippen molar-refractivity contribution in [1.29, 1.82) is 0 Å². The van der Waals surface area contributed by atoms with Crippen molar-refractivity contribution in [3.63, 3.8) is 0 Å². The lowest BCUT2D eigenvalue weighted by atomic mass is 9.97. The number of nitrogens with one attached hydrogen (secondary N) is 1. The molecule has 8 heteroatoms. The molecule has 2 N–H and O–H groups in total. The highest BCUT2D eigenvalue weighted by molar-refractivity contribution is 5.90. The lowest BCUT2D eigenvalue weighted by Crippen LogP contribution is -2.40. The zero-order valence-corrected chi connectivity index (χ0v) is 11.6. The maximum absolute atomic E-state index is 12.3. The lowest BCUT2D eigenvalue weighted by Gasteiger charge is -2.29. The molecule has 1 aromatic heterocycles. The van der Waals surface area contributed by atoms with E-state index in [0.29, 0.717) is 31.8 Å². The monoisotopic (exact) mass is 294 g/mol. The SMILES string of the molecule is O=C(O)C1CCN(C(=O)c2noc(C3CCCN3)n2)CC1. The fourth-order valence-electron chi connectivity index (χ4n) is 2.83. The summed E-state index contributed by atoms with van der Waals surface area (Å²) in [6.07, 6.45) is 2.92. The van der Waals surface area contributed by atoms with Crippen molar-refractivity contribution in [2.24, 2.45) is 5.92 Å². The van der Waals surface area contributed by atoms with Crippen LogP contribution in [-0.4, -0.2) is 51.7 Å². The number of piperidine rings is 1. The molecule has 1 aromatic rings. The molecule has 21 heavy (non-hydrogen) atoms. The summed E-state index contributed by atoms with van der Waals surface area (Å²) < 4.78 is 5.15. The summed E-state index contributed by atoms with van der Waals surface area (Å²) in [7, 11) is 0. The minimum absolute atomic E-state index is 0.0387. The van der Waals surface area contributed by atoms with Gasteiger partial charge >= 0.3 is 5.97 Å². The number of rotatable bonds is 3. The summed E-state index contributed by atoms with van der Waals surface area (Å²) >= 11 is 0. The van der Waals surface area contributed by atoms with Crippen LogP contribution in [0.25, 0.3) is 0 Å². The molecular weight excluding hydrogens is 276 g/mol. The molecule has 2 fully saturated rings. The number of amides is 1. The predicted octanol–water partition coefficient (Wildman–Crippen LogP) is 0.431. The fourth-order valence-corrected chi connectivity index (χ4v) is 2.83. The Morgan fingerprint density at radius 3 is 2.67 bits per heavy atom. The molecule has 0 saturated carbocycles. The van der Waals surface area contributed by atoms with Crippen LogP contribution in [-0.2, 0) is 4.79 Å². The molecule has 2 saturated heterocycles. The maximum Gasteiger partial charge on any atom is 0.306 e. The Morgan fingerprint density at radius 2 is 2.05 bits per heavy atom. The molecule has 3 heterocycles. The van der Waals surface area contributed by atoms with Crippen molar-refractivity contribution >= 4 is 11.9 Å². The van der Waals surface area contributed by atoms with E-state index in [1.807, 2.05) is 0 Å². The van der Waals surface area contributed by atoms with Crippen LogP contribution >= 0.6 is 0 Å². The van der Waals surface area contributed by atoms with Crippen molar-refractivity contribution in [2.75, 3.05) is 19.6 Å². The van der Waals surface area contributed by atoms with Gasteiger partial charge in [-0.2, -0.15) is 4.98 Å². The molecular formula is C13H18N4O4. The van der Waals surface area contributed by atoms with Crippen molar-refractivity contribution in [2.45, 2.75) is 31.7 Å². The standard InChI is InChI=1S/C13H18N4O4/c18-12(17-6-3-8(4-7-17)13(19)20)10-15-11(21-16-10)9-2-1-5-14-9/h8-9,14H,1-7H2,(H,19,20). The van der Waals surface area contributed by atoms with Gasteiger partial charge in [-0.25, -0.2) is 0 Å². The number of hydrogen-bond acceptors (Lipinski definition) is 6. The number of carboxylic acids is 1. The van der Waals surface area contributed by atoms with Crippen LogP contribution in [0.5, 0.6) is 0 Å². The molecule has 8 nitrogen and oxygen atoms in total. The minimum atomic E-state index is -0.795. The second kappa shape index (κ2) is 5.80. The Bertz CT molecular complexity index is 530. The van der Waals surface area contributed by atoms with E-state index >= 15 is 0 Å². The van der Waals surface area contributed by atoms with Crippen LogP contribution < -0.4 is 5.32 Å². The van der Waals surface area contributed by atoms with Crippen molar-refractivity contribution < 1.29 is 19.2 Å². The number of carbonyl (C=O) groups excluding carboxylic acids is 1. The van der Waals surface area contributed by atoms with Gasteiger partial charge in [0.15, 0.2) is 0 Å². The van der Waals surface area contributed by atoms with Gasteiger partial charge in [0.2, 0.25) is 5.89 Å². The van der Waals surface area contributed by atoms with Gasteiger partial charge in [0.1, 0.15) is 0 Å². The van der Waals surface area contributed by atoms with Crippen molar-refractivity contribution in [3.8, 4) is 0 Å². The number of likely N-dealkylation sites (tertiary alicyclic amines) is 1. The van der Waals surface area contributed by atoms with E-state index < -0.39 is 5.97 Å². The Balaban J connectivity index is 1.62. The Kier molecular flexibility index (Phi) is 3.87. The molecule has 114 valence electrons. The van der Waals surface area contributed by atoms with Crippen LogP contribution in [0.1, 0.15) is 48.2 Å². The van der Waals surface area contributed by atoms with Gasteiger partial charge in [-0.3, -0.25) is 9.59 Å². The first-order chi connectivity index (χ1) is 10.1. The van der Waals surface area contributed by atoms with Crippen LogP contribution in [0.4, 0.5) is 0 Å². The summed E-state index contributed by atoms with van der Waals surface area (Å²) in [5, 5.41) is 15.9. The summed E-state index contributed by atoms with van der Waals surface area (Å²) in [6, 6.07) is 0.0387. The van der Waals surface area contributed by atoms with Gasteiger partial charge in [-0.05, 0) is 32.2 Å². The van der Waals surface area contributed by atoms with E-state index in [9.17, 15) is 9.59 Å². The maximum atomic E-state index is 12.3. The Hall–Kier alpha value is -1.96. The van der Waals surface area contributed by atoms with E-state index in [0.717, 1.165) is 19.4 Å². The third-order valence-electron chi connectivity index (χ3n) is 4.12. The Labute approximate surface area is 121 Å². The fraction of sp³-hybridized carbons (Fsp3) is 0.692. The first kappa shape index (κ1) is 14.0. The van der Waals surface area contributed by atoms with Gasteiger partial charge in [0, 0.05) is 13.1 Å². The third kappa shape index (κ3) is 2.90. The highest BCUT2D eigenvalue weighted by atomic mass is 16.5. The summed E-state index contributed by atoms with van der Waals surface area (Å²) in [5.74, 6) is -0.926. The number of aliphatic carboxylic acids is 1. The van der Waals surface area contributed by atoms with Crippen LogP contribution in [0, 0.1) is 5.92 Å². The number of nitrogens with zero attached hydrogens (tertiary/aromatic N) is 3. The quantitative estimate of drug-likeness (QED) is 0.832. The third-order valence-corrected chi connectivity index (χ3v) is 4.12. The van der Waals surface area contributed by atoms with E-state index in [1.165, 1.54) is 0 Å². The molecule has 1 amide bonds. The summed E-state index contributed by atoms with van der Waals surface area (Å²) in [6.45, 7) is 1.75. The topological polar surface area (TPSA) is 109 Å². The number of aromatic nitrogens is 2. The van der Waals surface area contributed by atoms with E-state index in [1.54, 1.807) is 4.90 Å².